The largest absolute Gasteiger partial charge is 0.488 e. The first-order chi connectivity index (χ1) is 22.7. The van der Waals surface area contributed by atoms with Crippen LogP contribution < -0.4 is 9.04 Å². The molecule has 0 atom stereocenters. The highest BCUT2D eigenvalue weighted by Gasteiger charge is 2.25. The number of anilines is 1. The summed E-state index contributed by atoms with van der Waals surface area (Å²) >= 11 is 6.50. The Balaban J connectivity index is 1.23. The summed E-state index contributed by atoms with van der Waals surface area (Å²) in [6, 6.07) is 28.2. The van der Waals surface area contributed by atoms with Crippen molar-refractivity contribution in [2.45, 2.75) is 32.2 Å². The Morgan fingerprint density at radius 3 is 2.34 bits per heavy atom. The first-order valence-corrected chi connectivity index (χ1v) is 17.8. The predicted molar refractivity (Wildman–Crippen MR) is 184 cm³/mol. The fraction of sp³-hybridized carbons (Fsp3) is 0.243. The van der Waals surface area contributed by atoms with E-state index in [1.165, 1.54) is 33.0 Å². The lowest BCUT2D eigenvalue weighted by atomic mass is 9.96. The second-order valence-corrected chi connectivity index (χ2v) is 13.9. The van der Waals surface area contributed by atoms with Gasteiger partial charge in [0.15, 0.2) is 17.1 Å². The molecule has 1 aromatic heterocycles. The third kappa shape index (κ3) is 7.37. The van der Waals surface area contributed by atoms with E-state index < -0.39 is 10.0 Å². The summed E-state index contributed by atoms with van der Waals surface area (Å²) in [6.45, 7) is 0.0364. The Morgan fingerprint density at radius 1 is 0.872 bits per heavy atom. The van der Waals surface area contributed by atoms with Gasteiger partial charge < -0.3 is 14.1 Å². The van der Waals surface area contributed by atoms with Crippen LogP contribution in [0.25, 0.3) is 11.0 Å². The molecule has 0 radical (unpaired) electrons. The molecule has 0 saturated heterocycles. The maximum atomic E-state index is 13.7. The highest BCUT2D eigenvalue weighted by molar-refractivity contribution is 7.92. The number of rotatable bonds is 12. The van der Waals surface area contributed by atoms with Crippen LogP contribution in [0.2, 0.25) is 5.02 Å². The summed E-state index contributed by atoms with van der Waals surface area (Å²) in [5, 5.41) is 1.24. The van der Waals surface area contributed by atoms with Crippen molar-refractivity contribution in [3.8, 4) is 5.75 Å². The summed E-state index contributed by atoms with van der Waals surface area (Å²) in [6.07, 6.45) is 5.21. The minimum Gasteiger partial charge on any atom is -0.488 e. The van der Waals surface area contributed by atoms with Gasteiger partial charge in [-0.05, 0) is 61.2 Å². The van der Waals surface area contributed by atoms with Gasteiger partial charge in [-0.25, -0.2) is 8.42 Å². The maximum Gasteiger partial charge on any atom is 0.254 e. The zero-order chi connectivity index (χ0) is 33.0. The number of ether oxygens (including phenoxy) is 1. The normalized spacial score (nSPS) is 12.8. The molecule has 5 aromatic rings. The molecule has 0 spiro atoms. The van der Waals surface area contributed by atoms with Gasteiger partial charge in [0.1, 0.15) is 12.4 Å². The van der Waals surface area contributed by atoms with Gasteiger partial charge in [0, 0.05) is 28.5 Å². The number of amides is 1. The van der Waals surface area contributed by atoms with Crippen LogP contribution >= 0.6 is 11.6 Å². The van der Waals surface area contributed by atoms with Crippen molar-refractivity contribution in [2.75, 3.05) is 30.3 Å². The van der Waals surface area contributed by atoms with Gasteiger partial charge in [0.25, 0.3) is 5.91 Å². The molecule has 4 aromatic carbocycles. The highest BCUT2D eigenvalue weighted by Crippen LogP contribution is 2.36. The number of furan rings is 1. The number of ketones is 1. The number of para-hydroxylation sites is 1. The smallest absolute Gasteiger partial charge is 0.254 e. The molecule has 0 fully saturated rings. The molecule has 0 bridgehead atoms. The molecule has 0 aliphatic heterocycles. The molecule has 242 valence electrons. The van der Waals surface area contributed by atoms with Crippen LogP contribution in [0.4, 0.5) is 5.69 Å². The summed E-state index contributed by atoms with van der Waals surface area (Å²) in [5.41, 5.74) is 3.55. The van der Waals surface area contributed by atoms with Crippen LogP contribution in [0.15, 0.2) is 101 Å². The van der Waals surface area contributed by atoms with E-state index >= 15 is 0 Å². The topological polar surface area (TPSA) is 97.1 Å². The van der Waals surface area contributed by atoms with E-state index in [4.69, 9.17) is 20.8 Å². The van der Waals surface area contributed by atoms with Gasteiger partial charge in [0.05, 0.1) is 36.6 Å². The Labute approximate surface area is 279 Å². The molecule has 6 rings (SSSR count). The van der Waals surface area contributed by atoms with Gasteiger partial charge >= 0.3 is 0 Å². The van der Waals surface area contributed by atoms with E-state index in [-0.39, 0.29) is 54.2 Å². The molecular weight excluding hydrogens is 636 g/mol. The molecule has 10 heteroatoms. The highest BCUT2D eigenvalue weighted by atomic mass is 35.5. The van der Waals surface area contributed by atoms with Crippen molar-refractivity contribution < 1.29 is 27.2 Å². The van der Waals surface area contributed by atoms with E-state index in [2.05, 4.69) is 0 Å². The monoisotopic (exact) mass is 670 g/mol. The van der Waals surface area contributed by atoms with Crippen LogP contribution in [0.1, 0.15) is 50.4 Å². The minimum atomic E-state index is -3.76. The Kier molecular flexibility index (Phi) is 9.66. The lowest BCUT2D eigenvalue weighted by molar-refractivity contribution is 0.0686. The number of hydrogen-bond acceptors (Lipinski definition) is 6. The number of halogens is 1. The molecule has 1 aliphatic rings. The fourth-order valence-electron chi connectivity index (χ4n) is 5.92. The minimum absolute atomic E-state index is 0.0401. The Morgan fingerprint density at radius 2 is 1.60 bits per heavy atom. The molecule has 0 N–H and O–H groups in total. The first kappa shape index (κ1) is 32.3. The number of fused-ring (bicyclic) bond motifs is 3. The van der Waals surface area contributed by atoms with E-state index in [1.54, 1.807) is 24.3 Å². The van der Waals surface area contributed by atoms with E-state index in [9.17, 15) is 18.0 Å². The van der Waals surface area contributed by atoms with Crippen molar-refractivity contribution in [1.29, 1.82) is 0 Å². The second-order valence-electron chi connectivity index (χ2n) is 11.6. The van der Waals surface area contributed by atoms with Crippen molar-refractivity contribution in [1.82, 2.24) is 4.90 Å². The summed E-state index contributed by atoms with van der Waals surface area (Å²) in [7, 11) is -3.76. The number of benzene rings is 4. The van der Waals surface area contributed by atoms with E-state index in [0.717, 1.165) is 48.6 Å². The maximum absolute atomic E-state index is 13.7. The van der Waals surface area contributed by atoms with Gasteiger partial charge in [-0.15, -0.1) is 0 Å². The molecule has 1 amide bonds. The quantitative estimate of drug-likeness (QED) is 0.129. The zero-order valence-electron chi connectivity index (χ0n) is 26.0. The lowest BCUT2D eigenvalue weighted by Crippen LogP contribution is -2.38. The molecular formula is C37H35ClN2O6S. The van der Waals surface area contributed by atoms with Gasteiger partial charge in [-0.3, -0.25) is 13.9 Å². The molecule has 0 saturated carbocycles. The number of sulfonamides is 1. The number of carbonyl (C=O) groups is 2. The third-order valence-electron chi connectivity index (χ3n) is 8.31. The first-order valence-electron chi connectivity index (χ1n) is 15.5. The summed E-state index contributed by atoms with van der Waals surface area (Å²) < 4.78 is 39.3. The average Bonchev–Trinajstić information content (AvgIpc) is 3.47. The van der Waals surface area contributed by atoms with Crippen LogP contribution in [0.3, 0.4) is 0 Å². The molecule has 1 aliphatic carbocycles. The van der Waals surface area contributed by atoms with Crippen LogP contribution in [-0.2, 0) is 29.4 Å². The number of Topliss-reactive ketones (excluding diaryl/α,β-unsaturated/α-hetero) is 1. The average molecular weight is 671 g/mol. The van der Waals surface area contributed by atoms with Gasteiger partial charge in [-0.1, -0.05) is 72.3 Å². The SMILES string of the molecule is CS(=O)(=O)N(Cc1ccccc1)c1cc(C(=O)CN(CCOc2cccc3c4c(oc23)CCCC4)C(=O)c2ccccc2)ccc1Cl. The van der Waals surface area contributed by atoms with Crippen molar-refractivity contribution in [2.24, 2.45) is 0 Å². The van der Waals surface area contributed by atoms with Crippen LogP contribution in [0.5, 0.6) is 5.75 Å². The number of aryl methyl sites for hydroxylation is 2. The molecule has 0 unspecified atom stereocenters. The van der Waals surface area contributed by atoms with Crippen molar-refractivity contribution in [3.63, 3.8) is 0 Å². The molecule has 8 nitrogen and oxygen atoms in total. The number of hydrogen-bond donors (Lipinski definition) is 0. The summed E-state index contributed by atoms with van der Waals surface area (Å²) in [5.74, 6) is 0.901. The Bertz CT molecular complexity index is 2010. The standard InChI is InChI=1S/C37H35ClN2O6S/c1-47(43,44)40(24-26-11-4-2-5-12-26)32-23-28(19-20-31(32)38)33(41)25-39(37(42)27-13-6-3-7-14-27)21-22-45-35-18-10-16-30-29-15-8-9-17-34(29)46-36(30)35/h2-7,10-14,16,18-20,23H,8-9,15,17,21-22,24-25H2,1H3. The number of nitrogens with zero attached hydrogens (tertiary/aromatic N) is 2. The second kappa shape index (κ2) is 14.0. The van der Waals surface area contributed by atoms with E-state index in [0.29, 0.717) is 16.9 Å². The van der Waals surface area contributed by atoms with E-state index in [1.807, 2.05) is 54.6 Å². The zero-order valence-corrected chi connectivity index (χ0v) is 27.6. The fourth-order valence-corrected chi connectivity index (χ4v) is 7.09. The van der Waals surface area contributed by atoms with Crippen molar-refractivity contribution in [3.05, 3.63) is 130 Å². The Hall–Kier alpha value is -4.60. The third-order valence-corrected chi connectivity index (χ3v) is 9.76. The van der Waals surface area contributed by atoms with Crippen molar-refractivity contribution >= 4 is 50.0 Å². The van der Waals surface area contributed by atoms with Crippen LogP contribution in [-0.4, -0.2) is 51.0 Å². The molecule has 1 heterocycles. The van der Waals surface area contributed by atoms with Gasteiger partial charge in [0.2, 0.25) is 10.0 Å². The molecule has 47 heavy (non-hydrogen) atoms. The van der Waals surface area contributed by atoms with Gasteiger partial charge in [-0.2, -0.15) is 0 Å². The van der Waals surface area contributed by atoms with Crippen LogP contribution in [0, 0.1) is 0 Å². The summed E-state index contributed by atoms with van der Waals surface area (Å²) in [4.78, 5) is 28.8. The number of carbonyl (C=O) groups excluding carboxylic acids is 2. The predicted octanol–water partition coefficient (Wildman–Crippen LogP) is 7.34. The lowest BCUT2D eigenvalue weighted by Gasteiger charge is -2.25.